The third-order valence-electron chi connectivity index (χ3n) is 3.11. The van der Waals surface area contributed by atoms with Crippen molar-refractivity contribution in [1.82, 2.24) is 10.2 Å². The summed E-state index contributed by atoms with van der Waals surface area (Å²) >= 11 is 5.88. The molecule has 1 heterocycles. The van der Waals surface area contributed by atoms with Gasteiger partial charge in [0.1, 0.15) is 11.9 Å². The molecule has 1 aromatic rings. The summed E-state index contributed by atoms with van der Waals surface area (Å²) in [5, 5.41) is 7.48. The minimum atomic E-state index is -0.402. The zero-order valence-electron chi connectivity index (χ0n) is 10.3. The first kappa shape index (κ1) is 13.1. The van der Waals surface area contributed by atoms with Crippen LogP contribution in [0.15, 0.2) is 4.42 Å². The van der Waals surface area contributed by atoms with E-state index in [0.29, 0.717) is 11.9 Å². The molecule has 1 aromatic heterocycles. The molecule has 1 fully saturated rings. The predicted molar refractivity (Wildman–Crippen MR) is 67.4 cm³/mol. The lowest BCUT2D eigenvalue weighted by Crippen LogP contribution is -2.40. The predicted octanol–water partition coefficient (Wildman–Crippen LogP) is 1.60. The number of alkyl halides is 1. The third-order valence-corrected chi connectivity index (χ3v) is 3.29. The molecular formula is C11H17ClN4O2. The molecule has 1 aliphatic rings. The van der Waals surface area contributed by atoms with E-state index < -0.39 is 5.91 Å². The number of aromatic nitrogens is 2. The quantitative estimate of drug-likeness (QED) is 0.823. The molecule has 100 valence electrons. The summed E-state index contributed by atoms with van der Waals surface area (Å²) < 4.78 is 5.48. The maximum absolute atomic E-state index is 11.1. The summed E-state index contributed by atoms with van der Waals surface area (Å²) in [5.41, 5.74) is 5.27. The molecule has 0 saturated heterocycles. The lowest BCUT2D eigenvalue weighted by atomic mass is 10.2. The second-order valence-electron chi connectivity index (χ2n) is 4.57. The van der Waals surface area contributed by atoms with Crippen LogP contribution >= 0.6 is 11.6 Å². The Balaban J connectivity index is 2.18. The summed E-state index contributed by atoms with van der Waals surface area (Å²) in [6, 6.07) is 0.583. The maximum atomic E-state index is 11.1. The number of primary amides is 1. The molecule has 1 amide bonds. The van der Waals surface area contributed by atoms with Crippen LogP contribution in [0, 0.1) is 0 Å². The number of rotatable bonds is 5. The van der Waals surface area contributed by atoms with E-state index in [-0.39, 0.29) is 18.0 Å². The highest BCUT2D eigenvalue weighted by Gasteiger charge is 2.28. The van der Waals surface area contributed by atoms with Gasteiger partial charge in [-0.15, -0.1) is 16.7 Å². The summed E-state index contributed by atoms with van der Waals surface area (Å²) in [5.74, 6) is -0.0419. The van der Waals surface area contributed by atoms with Gasteiger partial charge in [-0.1, -0.05) is 17.9 Å². The minimum absolute atomic E-state index is 0.100. The van der Waals surface area contributed by atoms with E-state index in [2.05, 4.69) is 10.2 Å². The van der Waals surface area contributed by atoms with E-state index in [1.807, 2.05) is 0 Å². The van der Waals surface area contributed by atoms with Gasteiger partial charge in [-0.2, -0.15) is 0 Å². The first-order chi connectivity index (χ1) is 8.58. The molecule has 1 unspecified atom stereocenters. The minimum Gasteiger partial charge on any atom is -0.406 e. The average molecular weight is 273 g/mol. The smallest absolute Gasteiger partial charge is 0.318 e. The molecule has 18 heavy (non-hydrogen) atoms. The first-order valence-corrected chi connectivity index (χ1v) is 6.54. The number of hydrogen-bond donors (Lipinski definition) is 1. The summed E-state index contributed by atoms with van der Waals surface area (Å²) in [6.07, 6.45) is 4.32. The van der Waals surface area contributed by atoms with Crippen LogP contribution in [-0.2, 0) is 4.79 Å². The van der Waals surface area contributed by atoms with Gasteiger partial charge in [0.05, 0.1) is 0 Å². The van der Waals surface area contributed by atoms with Crippen molar-refractivity contribution in [2.24, 2.45) is 5.73 Å². The number of carbonyl (C=O) groups is 1. The summed E-state index contributed by atoms with van der Waals surface area (Å²) in [7, 11) is 0. The highest BCUT2D eigenvalue weighted by atomic mass is 35.5. The van der Waals surface area contributed by atoms with Gasteiger partial charge in [-0.05, 0) is 19.8 Å². The Morgan fingerprint density at radius 2 is 2.22 bits per heavy atom. The van der Waals surface area contributed by atoms with Gasteiger partial charge in [0.2, 0.25) is 11.8 Å². The molecule has 0 bridgehead atoms. The SMILES string of the molecule is CC(Cl)c1nnc(N(CC(N)=O)C2CCCC2)o1. The van der Waals surface area contributed by atoms with Gasteiger partial charge in [0, 0.05) is 6.04 Å². The van der Waals surface area contributed by atoms with E-state index in [4.69, 9.17) is 21.8 Å². The van der Waals surface area contributed by atoms with Crippen molar-refractivity contribution >= 4 is 23.5 Å². The topological polar surface area (TPSA) is 85.3 Å². The zero-order valence-corrected chi connectivity index (χ0v) is 11.1. The van der Waals surface area contributed by atoms with Gasteiger partial charge >= 0.3 is 6.01 Å². The van der Waals surface area contributed by atoms with Crippen LogP contribution in [0.5, 0.6) is 0 Å². The number of nitrogens with zero attached hydrogens (tertiary/aromatic N) is 3. The molecule has 0 radical (unpaired) electrons. The van der Waals surface area contributed by atoms with Crippen LogP contribution in [0.4, 0.5) is 6.01 Å². The maximum Gasteiger partial charge on any atom is 0.318 e. The highest BCUT2D eigenvalue weighted by molar-refractivity contribution is 6.20. The fourth-order valence-corrected chi connectivity index (χ4v) is 2.33. The van der Waals surface area contributed by atoms with E-state index in [0.717, 1.165) is 25.7 Å². The van der Waals surface area contributed by atoms with Crippen molar-refractivity contribution in [3.8, 4) is 0 Å². The van der Waals surface area contributed by atoms with Crippen molar-refractivity contribution < 1.29 is 9.21 Å². The normalized spacial score (nSPS) is 17.9. The second-order valence-corrected chi connectivity index (χ2v) is 5.23. The summed E-state index contributed by atoms with van der Waals surface area (Å²) in [6.45, 7) is 1.86. The Bertz CT molecular complexity index is 415. The molecule has 6 nitrogen and oxygen atoms in total. The van der Waals surface area contributed by atoms with Crippen LogP contribution < -0.4 is 10.6 Å². The molecule has 7 heteroatoms. The molecule has 0 aliphatic heterocycles. The second kappa shape index (κ2) is 5.56. The Kier molecular flexibility index (Phi) is 4.06. The molecule has 1 atom stereocenters. The van der Waals surface area contributed by atoms with Gasteiger partial charge in [0.15, 0.2) is 0 Å². The lowest BCUT2D eigenvalue weighted by Gasteiger charge is -2.25. The first-order valence-electron chi connectivity index (χ1n) is 6.10. The number of halogens is 1. The number of carbonyl (C=O) groups excluding carboxylic acids is 1. The lowest BCUT2D eigenvalue weighted by molar-refractivity contribution is -0.116. The number of hydrogen-bond acceptors (Lipinski definition) is 5. The van der Waals surface area contributed by atoms with E-state index in [1.165, 1.54) is 0 Å². The summed E-state index contributed by atoms with van der Waals surface area (Å²) in [4.78, 5) is 12.9. The van der Waals surface area contributed by atoms with Crippen LogP contribution in [-0.4, -0.2) is 28.7 Å². The van der Waals surface area contributed by atoms with Crippen molar-refractivity contribution in [2.75, 3.05) is 11.4 Å². The zero-order chi connectivity index (χ0) is 13.1. The van der Waals surface area contributed by atoms with Crippen LogP contribution in [0.3, 0.4) is 0 Å². The van der Waals surface area contributed by atoms with E-state index in [1.54, 1.807) is 11.8 Å². The van der Waals surface area contributed by atoms with E-state index in [9.17, 15) is 4.79 Å². The molecule has 2 N–H and O–H groups in total. The Labute approximate surface area is 110 Å². The van der Waals surface area contributed by atoms with Gasteiger partial charge in [-0.3, -0.25) is 4.79 Å². The van der Waals surface area contributed by atoms with Crippen LogP contribution in [0.2, 0.25) is 0 Å². The molecule has 1 saturated carbocycles. The molecule has 0 aromatic carbocycles. The van der Waals surface area contributed by atoms with Gasteiger partial charge in [-0.25, -0.2) is 0 Å². The standard InChI is InChI=1S/C11H17ClN4O2/c1-7(12)10-14-15-11(18-10)16(6-9(13)17)8-4-2-3-5-8/h7-8H,2-6H2,1H3,(H2,13,17). The number of nitrogens with two attached hydrogens (primary N) is 1. The highest BCUT2D eigenvalue weighted by Crippen LogP contribution is 2.28. The van der Waals surface area contributed by atoms with E-state index >= 15 is 0 Å². The van der Waals surface area contributed by atoms with Crippen molar-refractivity contribution in [3.05, 3.63) is 5.89 Å². The van der Waals surface area contributed by atoms with Crippen LogP contribution in [0.25, 0.3) is 0 Å². The van der Waals surface area contributed by atoms with Crippen molar-refractivity contribution in [3.63, 3.8) is 0 Å². The number of anilines is 1. The van der Waals surface area contributed by atoms with Crippen molar-refractivity contribution in [1.29, 1.82) is 0 Å². The monoisotopic (exact) mass is 272 g/mol. The van der Waals surface area contributed by atoms with Gasteiger partial charge in [0.25, 0.3) is 0 Å². The molecular weight excluding hydrogens is 256 g/mol. The third kappa shape index (κ3) is 2.93. The Hall–Kier alpha value is -1.30. The van der Waals surface area contributed by atoms with Gasteiger partial charge < -0.3 is 15.1 Å². The fourth-order valence-electron chi connectivity index (χ4n) is 2.24. The number of amides is 1. The largest absolute Gasteiger partial charge is 0.406 e. The molecule has 0 spiro atoms. The Morgan fingerprint density at radius 3 is 2.72 bits per heavy atom. The molecule has 1 aliphatic carbocycles. The van der Waals surface area contributed by atoms with Crippen molar-refractivity contribution in [2.45, 2.75) is 44.0 Å². The fraction of sp³-hybridized carbons (Fsp3) is 0.727. The molecule has 2 rings (SSSR count). The average Bonchev–Trinajstić information content (AvgIpc) is 2.97. The Morgan fingerprint density at radius 1 is 1.56 bits per heavy atom. The van der Waals surface area contributed by atoms with Crippen LogP contribution in [0.1, 0.15) is 43.9 Å².